The topological polar surface area (TPSA) is 30.7 Å². The van der Waals surface area contributed by atoms with Crippen molar-refractivity contribution in [2.24, 2.45) is 0 Å². The van der Waals surface area contributed by atoms with Gasteiger partial charge < -0.3 is 0 Å². The van der Waals surface area contributed by atoms with E-state index in [4.69, 9.17) is 9.97 Å². The third kappa shape index (κ3) is 3.98. The Kier molecular flexibility index (Phi) is 6.19. The van der Waals surface area contributed by atoms with Crippen molar-refractivity contribution in [2.75, 3.05) is 0 Å². The normalized spacial score (nSPS) is 13.8. The molecule has 0 fully saturated rings. The van der Waals surface area contributed by atoms with Crippen LogP contribution < -0.4 is 0 Å². The van der Waals surface area contributed by atoms with Crippen LogP contribution in [0.3, 0.4) is 0 Å². The summed E-state index contributed by atoms with van der Waals surface area (Å²) in [7, 11) is 0. The summed E-state index contributed by atoms with van der Waals surface area (Å²) in [5.74, 6) is 0.681. The first-order valence-electron chi connectivity index (χ1n) is 19.0. The maximum Gasteiger partial charge on any atom is 0.235 e. The van der Waals surface area contributed by atoms with E-state index in [9.17, 15) is 0 Å². The van der Waals surface area contributed by atoms with Crippen molar-refractivity contribution < 1.29 is 0 Å². The zero-order chi connectivity index (χ0) is 36.5. The molecule has 1 spiro atoms. The van der Waals surface area contributed by atoms with E-state index >= 15 is 0 Å². The summed E-state index contributed by atoms with van der Waals surface area (Å²) >= 11 is 3.66. The van der Waals surface area contributed by atoms with Crippen molar-refractivity contribution in [2.45, 2.75) is 15.2 Å². The highest BCUT2D eigenvalue weighted by atomic mass is 32.2. The number of hydrogen-bond donors (Lipinski definition) is 0. The summed E-state index contributed by atoms with van der Waals surface area (Å²) in [5, 5.41) is 5.96. The smallest absolute Gasteiger partial charge is 0.235 e. The van der Waals surface area contributed by atoms with Crippen LogP contribution in [-0.2, 0) is 5.41 Å². The SMILES string of the molecule is c1ccc2c(c1)Sc1cc3c4ccccc4n(-c4nc(-c5ccc6ccccc6c5)c5sc6ccccc6c5n4)c3cc1C21c2ccccc2-c2ccccc21. The van der Waals surface area contributed by atoms with Gasteiger partial charge in [0, 0.05) is 36.2 Å². The van der Waals surface area contributed by atoms with Crippen molar-refractivity contribution in [1.82, 2.24) is 14.5 Å². The predicted octanol–water partition coefficient (Wildman–Crippen LogP) is 13.6. The number of fused-ring (bicyclic) bond motifs is 16. The molecule has 1 aliphatic carbocycles. The van der Waals surface area contributed by atoms with Gasteiger partial charge in [-0.25, -0.2) is 9.97 Å². The molecule has 0 radical (unpaired) electrons. The van der Waals surface area contributed by atoms with E-state index in [0.29, 0.717) is 5.95 Å². The Hall–Kier alpha value is -6.53. The van der Waals surface area contributed by atoms with Crippen LogP contribution in [0, 0.1) is 0 Å². The maximum absolute atomic E-state index is 5.58. The van der Waals surface area contributed by atoms with Gasteiger partial charge in [0.25, 0.3) is 0 Å². The summed E-state index contributed by atoms with van der Waals surface area (Å²) < 4.78 is 4.64. The number of benzene rings is 8. The van der Waals surface area contributed by atoms with Crippen molar-refractivity contribution in [3.8, 4) is 28.3 Å². The minimum atomic E-state index is -0.482. The molecular weight excluding hydrogens is 719 g/mol. The molecule has 0 amide bonds. The molecule has 0 atom stereocenters. The number of para-hydroxylation sites is 1. The standard InChI is InChI=1S/C51H29N3S2/c1-2-14-31-27-32(26-25-30(31)13-1)47-49-48(36-18-6-11-23-44(36)56-49)53-50(52-47)54-42-22-10-5-17-35(42)37-28-46-41(29-43(37)54)51(40-21-9-12-24-45(40)55-46)38-19-7-3-15-33(38)34-16-4-8-20-39(34)51/h1-29H. The lowest BCUT2D eigenvalue weighted by Crippen LogP contribution is -2.32. The number of rotatable bonds is 2. The van der Waals surface area contributed by atoms with Crippen molar-refractivity contribution >= 4 is 76.0 Å². The average molecular weight is 748 g/mol. The molecule has 3 aromatic heterocycles. The zero-order valence-corrected chi connectivity index (χ0v) is 31.5. The summed E-state index contributed by atoms with van der Waals surface area (Å²) in [6, 6.07) is 64.6. The van der Waals surface area contributed by atoms with E-state index in [1.807, 2.05) is 11.8 Å². The molecule has 13 rings (SSSR count). The van der Waals surface area contributed by atoms with Gasteiger partial charge in [-0.15, -0.1) is 11.3 Å². The first kappa shape index (κ1) is 30.8. The molecular formula is C51H29N3S2. The van der Waals surface area contributed by atoms with E-state index in [-0.39, 0.29) is 0 Å². The van der Waals surface area contributed by atoms with Crippen LogP contribution in [0.1, 0.15) is 22.3 Å². The quantitative estimate of drug-likeness (QED) is 0.176. The summed E-state index contributed by atoms with van der Waals surface area (Å²) in [5.41, 5.74) is 12.7. The van der Waals surface area contributed by atoms with Crippen LogP contribution >= 0.6 is 23.1 Å². The van der Waals surface area contributed by atoms with E-state index < -0.39 is 5.41 Å². The van der Waals surface area contributed by atoms with Gasteiger partial charge in [-0.2, -0.15) is 0 Å². The van der Waals surface area contributed by atoms with Gasteiger partial charge in [0.15, 0.2) is 0 Å². The molecule has 3 nitrogen and oxygen atoms in total. The summed E-state index contributed by atoms with van der Waals surface area (Å²) in [6.45, 7) is 0. The van der Waals surface area contributed by atoms with E-state index in [1.54, 1.807) is 11.3 Å². The zero-order valence-electron chi connectivity index (χ0n) is 29.9. The second kappa shape index (κ2) is 11.3. The second-order valence-electron chi connectivity index (χ2n) is 14.9. The van der Waals surface area contributed by atoms with Gasteiger partial charge in [-0.05, 0) is 80.6 Å². The Bertz CT molecular complexity index is 3440. The maximum atomic E-state index is 5.58. The number of thiophene rings is 1. The van der Waals surface area contributed by atoms with Gasteiger partial charge in [0.05, 0.1) is 32.4 Å². The van der Waals surface area contributed by atoms with E-state index in [2.05, 4.69) is 180 Å². The molecule has 0 saturated heterocycles. The highest BCUT2D eigenvalue weighted by Crippen LogP contribution is 2.62. The molecule has 0 bridgehead atoms. The lowest BCUT2D eigenvalue weighted by Gasteiger charge is -2.39. The van der Waals surface area contributed by atoms with Crippen LogP contribution in [-0.4, -0.2) is 14.5 Å². The summed E-state index contributed by atoms with van der Waals surface area (Å²) in [4.78, 5) is 13.7. The lowest BCUT2D eigenvalue weighted by molar-refractivity contribution is 0.723. The van der Waals surface area contributed by atoms with Gasteiger partial charge >= 0.3 is 0 Å². The van der Waals surface area contributed by atoms with Gasteiger partial charge in [-0.3, -0.25) is 4.57 Å². The van der Waals surface area contributed by atoms with Gasteiger partial charge in [-0.1, -0.05) is 151 Å². The molecule has 8 aromatic carbocycles. The van der Waals surface area contributed by atoms with Gasteiger partial charge in [0.2, 0.25) is 5.95 Å². The molecule has 260 valence electrons. The molecule has 4 heterocycles. The van der Waals surface area contributed by atoms with Crippen molar-refractivity contribution in [1.29, 1.82) is 0 Å². The molecule has 0 unspecified atom stereocenters. The largest absolute Gasteiger partial charge is 0.278 e. The Morgan fingerprint density at radius 3 is 1.98 bits per heavy atom. The Balaban J connectivity index is 1.16. The van der Waals surface area contributed by atoms with Crippen molar-refractivity contribution in [3.63, 3.8) is 0 Å². The summed E-state index contributed by atoms with van der Waals surface area (Å²) in [6.07, 6.45) is 0. The number of nitrogens with zero attached hydrogens (tertiary/aromatic N) is 3. The van der Waals surface area contributed by atoms with Crippen LogP contribution in [0.15, 0.2) is 186 Å². The molecule has 5 heteroatoms. The monoisotopic (exact) mass is 747 g/mol. The Morgan fingerprint density at radius 1 is 0.464 bits per heavy atom. The van der Waals surface area contributed by atoms with E-state index in [0.717, 1.165) is 37.9 Å². The first-order chi connectivity index (χ1) is 27.8. The average Bonchev–Trinajstić information content (AvgIpc) is 3.89. The molecule has 2 aliphatic rings. The Labute approximate surface area is 330 Å². The predicted molar refractivity (Wildman–Crippen MR) is 234 cm³/mol. The molecule has 0 N–H and O–H groups in total. The van der Waals surface area contributed by atoms with Gasteiger partial charge in [0.1, 0.15) is 0 Å². The van der Waals surface area contributed by atoms with Crippen LogP contribution in [0.4, 0.5) is 0 Å². The molecule has 1 aliphatic heterocycles. The first-order valence-corrected chi connectivity index (χ1v) is 20.6. The minimum Gasteiger partial charge on any atom is -0.278 e. The van der Waals surface area contributed by atoms with Crippen LogP contribution in [0.2, 0.25) is 0 Å². The third-order valence-electron chi connectivity index (χ3n) is 12.1. The Morgan fingerprint density at radius 2 is 1.14 bits per heavy atom. The highest BCUT2D eigenvalue weighted by Gasteiger charge is 2.50. The van der Waals surface area contributed by atoms with Crippen LogP contribution in [0.5, 0.6) is 0 Å². The van der Waals surface area contributed by atoms with E-state index in [1.165, 1.54) is 69.4 Å². The highest BCUT2D eigenvalue weighted by molar-refractivity contribution is 7.99. The third-order valence-corrected chi connectivity index (χ3v) is 14.4. The minimum absolute atomic E-state index is 0.482. The fourth-order valence-electron chi connectivity index (χ4n) is 9.74. The second-order valence-corrected chi connectivity index (χ2v) is 17.0. The fourth-order valence-corrected chi connectivity index (χ4v) is 12.1. The number of hydrogen-bond acceptors (Lipinski definition) is 4. The number of aromatic nitrogens is 3. The van der Waals surface area contributed by atoms with Crippen molar-refractivity contribution in [3.05, 3.63) is 198 Å². The molecule has 0 saturated carbocycles. The fraction of sp³-hybridized carbons (Fsp3) is 0.0196. The lowest BCUT2D eigenvalue weighted by atomic mass is 9.67. The molecule has 56 heavy (non-hydrogen) atoms. The molecule has 11 aromatic rings. The van der Waals surface area contributed by atoms with Crippen LogP contribution in [0.25, 0.3) is 81.2 Å².